The van der Waals surface area contributed by atoms with E-state index in [1.165, 1.54) is 18.6 Å². The third-order valence-corrected chi connectivity index (χ3v) is 6.13. The van der Waals surface area contributed by atoms with E-state index in [4.69, 9.17) is 22.5 Å². The van der Waals surface area contributed by atoms with Gasteiger partial charge in [-0.05, 0) is 18.9 Å². The van der Waals surface area contributed by atoms with E-state index >= 15 is 0 Å². The molecule has 0 bridgehead atoms. The molecule has 3 rings (SSSR count). The van der Waals surface area contributed by atoms with Crippen molar-refractivity contribution in [3.05, 3.63) is 49.7 Å². The number of hydrogen-bond acceptors (Lipinski definition) is 15. The van der Waals surface area contributed by atoms with E-state index < -0.39 is 0 Å². The van der Waals surface area contributed by atoms with Gasteiger partial charge in [-0.1, -0.05) is 6.92 Å². The van der Waals surface area contributed by atoms with Gasteiger partial charge in [0.1, 0.15) is 17.1 Å². The minimum Gasteiger partial charge on any atom is -0.393 e. The molecule has 41 heavy (non-hydrogen) atoms. The van der Waals surface area contributed by atoms with Crippen LogP contribution in [-0.2, 0) is 0 Å². The molecule has 16 nitrogen and oxygen atoms in total. The number of thioether (sulfide) groups is 2. The van der Waals surface area contributed by atoms with Crippen LogP contribution in [-0.4, -0.2) is 73.1 Å². The van der Waals surface area contributed by atoms with Gasteiger partial charge in [-0.25, -0.2) is 15.0 Å². The Morgan fingerprint density at radius 2 is 1.24 bits per heavy atom. The molecule has 0 aromatic carbocycles. The Kier molecular flexibility index (Phi) is 16.6. The number of nitrogens with one attached hydrogen (secondary N) is 6. The van der Waals surface area contributed by atoms with E-state index in [0.717, 1.165) is 30.3 Å². The molecule has 0 aliphatic rings. The van der Waals surface area contributed by atoms with Crippen LogP contribution >= 0.6 is 23.5 Å². The topological polar surface area (TPSA) is 275 Å². The maximum absolute atomic E-state index is 11.1. The lowest BCUT2D eigenvalue weighted by Crippen LogP contribution is -2.18. The number of nitrogens with zero attached hydrogens (tertiary/aromatic N) is 4. The second-order valence-corrected chi connectivity index (χ2v) is 10.4. The zero-order valence-corrected chi connectivity index (χ0v) is 24.7. The molecule has 0 fully saturated rings. The van der Waals surface area contributed by atoms with Crippen molar-refractivity contribution in [1.29, 1.82) is 5.26 Å². The highest BCUT2D eigenvalue weighted by Gasteiger charge is 2.02. The van der Waals surface area contributed by atoms with Crippen molar-refractivity contribution in [2.45, 2.75) is 13.8 Å². The summed E-state index contributed by atoms with van der Waals surface area (Å²) in [6, 6.07) is 2.05. The lowest BCUT2D eigenvalue weighted by atomic mass is 10.2. The van der Waals surface area contributed by atoms with Crippen molar-refractivity contribution >= 4 is 58.4 Å². The number of rotatable bonds is 12. The van der Waals surface area contributed by atoms with Crippen LogP contribution in [0.25, 0.3) is 0 Å². The molecule has 18 heteroatoms. The second kappa shape index (κ2) is 19.7. The van der Waals surface area contributed by atoms with Crippen molar-refractivity contribution in [2.75, 3.05) is 76.3 Å². The highest BCUT2D eigenvalue weighted by atomic mass is 32.2. The molecule has 0 radical (unpaired) electrons. The fourth-order valence-corrected chi connectivity index (χ4v) is 3.28. The highest BCUT2D eigenvalue weighted by Crippen LogP contribution is 2.00. The summed E-state index contributed by atoms with van der Waals surface area (Å²) in [6.07, 6.45) is 5.99. The Labute approximate surface area is 245 Å². The predicted octanol–water partition coefficient (Wildman–Crippen LogP) is 0.568. The van der Waals surface area contributed by atoms with Gasteiger partial charge >= 0.3 is 0 Å². The lowest BCUT2D eigenvalue weighted by Gasteiger charge is -2.05. The SMILES string of the molecule is CC(C#N)CNc1ncc(N)c(=O)[nH]1.CCSCCNc1ncc(N)c(=O)[nH]1.CSCCNc1ncc(N)c(=O)[nH]1. The maximum atomic E-state index is 11.1. The Morgan fingerprint density at radius 3 is 1.61 bits per heavy atom. The monoisotopic (exact) mass is 607 g/mol. The van der Waals surface area contributed by atoms with Crippen LogP contribution in [0.2, 0.25) is 0 Å². The normalized spacial score (nSPS) is 10.6. The average Bonchev–Trinajstić information content (AvgIpc) is 2.96. The van der Waals surface area contributed by atoms with Crippen LogP contribution < -0.4 is 49.8 Å². The van der Waals surface area contributed by atoms with Gasteiger partial charge in [-0.3, -0.25) is 29.3 Å². The standard InChI is InChI=1S/C8H11N5O.C8H14N4OS.C7H12N4OS/c1-5(2-9)3-11-8-12-4-6(10)7(14)13-8;1-2-14-4-3-10-8-11-5-6(9)7(13)12-8;1-13-3-2-9-7-10-4-5(8)6(12)11-7/h4-5H,3,10H2,1H3,(H2,11,12,13,14);5H,2-4,9H2,1H3,(H2,10,11,12,13);4H,2-3,8H2,1H3,(H2,9,10,11,12). The molecule has 1 unspecified atom stereocenters. The number of aromatic nitrogens is 6. The minimum atomic E-state index is -0.382. The quantitative estimate of drug-likeness (QED) is 0.127. The van der Waals surface area contributed by atoms with E-state index in [1.54, 1.807) is 18.7 Å². The first-order valence-corrected chi connectivity index (χ1v) is 14.9. The van der Waals surface area contributed by atoms with Gasteiger partial charge in [-0.2, -0.15) is 28.8 Å². The fourth-order valence-electron chi connectivity index (χ4n) is 2.44. The first-order chi connectivity index (χ1) is 19.6. The van der Waals surface area contributed by atoms with Crippen molar-refractivity contribution in [2.24, 2.45) is 5.92 Å². The van der Waals surface area contributed by atoms with E-state index in [-0.39, 0.29) is 39.7 Å². The van der Waals surface area contributed by atoms with Gasteiger partial charge in [0.15, 0.2) is 0 Å². The summed E-state index contributed by atoms with van der Waals surface area (Å²) >= 11 is 3.55. The highest BCUT2D eigenvalue weighted by molar-refractivity contribution is 7.99. The molecule has 12 N–H and O–H groups in total. The number of nitriles is 1. The Hall–Kier alpha value is -4.37. The Bertz CT molecular complexity index is 1400. The van der Waals surface area contributed by atoms with Gasteiger partial charge in [0.25, 0.3) is 16.7 Å². The van der Waals surface area contributed by atoms with Crippen LogP contribution in [0.4, 0.5) is 34.9 Å². The first-order valence-electron chi connectivity index (χ1n) is 12.3. The number of anilines is 6. The van der Waals surface area contributed by atoms with Gasteiger partial charge in [0.05, 0.1) is 30.6 Å². The van der Waals surface area contributed by atoms with Gasteiger partial charge < -0.3 is 33.2 Å². The largest absolute Gasteiger partial charge is 0.393 e. The fraction of sp³-hybridized carbons (Fsp3) is 0.435. The van der Waals surface area contributed by atoms with Crippen LogP contribution in [0.3, 0.4) is 0 Å². The van der Waals surface area contributed by atoms with Gasteiger partial charge in [-0.15, -0.1) is 0 Å². The molecule has 0 spiro atoms. The summed E-state index contributed by atoms with van der Waals surface area (Å²) in [5.41, 5.74) is 15.3. The van der Waals surface area contributed by atoms with E-state index in [2.05, 4.69) is 58.8 Å². The smallest absolute Gasteiger partial charge is 0.275 e. The zero-order chi connectivity index (χ0) is 30.6. The predicted molar refractivity (Wildman–Crippen MR) is 169 cm³/mol. The van der Waals surface area contributed by atoms with Crippen molar-refractivity contribution in [3.8, 4) is 6.07 Å². The number of nitrogens with two attached hydrogens (primary N) is 3. The molecule has 0 saturated heterocycles. The summed E-state index contributed by atoms with van der Waals surface area (Å²) in [7, 11) is 0. The van der Waals surface area contributed by atoms with Crippen molar-refractivity contribution < 1.29 is 0 Å². The summed E-state index contributed by atoms with van der Waals surface area (Å²) in [6.45, 7) is 5.86. The van der Waals surface area contributed by atoms with Crippen LogP contribution in [0, 0.1) is 17.2 Å². The number of H-pyrrole nitrogens is 3. The van der Waals surface area contributed by atoms with E-state index in [1.807, 2.05) is 18.0 Å². The molecular formula is C23H37N13O3S2. The summed E-state index contributed by atoms with van der Waals surface area (Å²) in [5, 5.41) is 17.3. The summed E-state index contributed by atoms with van der Waals surface area (Å²) in [5.74, 6) is 4.17. The van der Waals surface area contributed by atoms with E-state index in [0.29, 0.717) is 24.4 Å². The Morgan fingerprint density at radius 1 is 0.829 bits per heavy atom. The maximum Gasteiger partial charge on any atom is 0.275 e. The average molecular weight is 608 g/mol. The lowest BCUT2D eigenvalue weighted by molar-refractivity contribution is 0.778. The Balaban J connectivity index is 0.000000308. The molecule has 224 valence electrons. The third kappa shape index (κ3) is 14.5. The zero-order valence-electron chi connectivity index (χ0n) is 23.1. The number of hydrogen-bond donors (Lipinski definition) is 9. The van der Waals surface area contributed by atoms with Crippen LogP contribution in [0.1, 0.15) is 13.8 Å². The van der Waals surface area contributed by atoms with Gasteiger partial charge in [0, 0.05) is 31.1 Å². The summed E-state index contributed by atoms with van der Waals surface area (Å²) < 4.78 is 0. The molecule has 0 amide bonds. The van der Waals surface area contributed by atoms with Crippen molar-refractivity contribution in [3.63, 3.8) is 0 Å². The van der Waals surface area contributed by atoms with Crippen molar-refractivity contribution in [1.82, 2.24) is 29.9 Å². The van der Waals surface area contributed by atoms with Crippen LogP contribution in [0.15, 0.2) is 33.0 Å². The van der Waals surface area contributed by atoms with Gasteiger partial charge in [0.2, 0.25) is 17.8 Å². The molecule has 3 aromatic heterocycles. The third-order valence-electron chi connectivity index (χ3n) is 4.62. The first kappa shape index (κ1) is 34.7. The molecule has 0 aliphatic heterocycles. The molecule has 1 atom stereocenters. The summed E-state index contributed by atoms with van der Waals surface area (Å²) in [4.78, 5) is 52.3. The molecule has 3 heterocycles. The molecular weight excluding hydrogens is 570 g/mol. The van der Waals surface area contributed by atoms with E-state index in [9.17, 15) is 14.4 Å². The second-order valence-electron chi connectivity index (χ2n) is 8.00. The number of nitrogen functional groups attached to an aromatic ring is 3. The molecule has 0 saturated carbocycles. The minimum absolute atomic E-state index is 0.0730. The molecule has 3 aromatic rings. The molecule has 0 aliphatic carbocycles. The number of aromatic amines is 3. The van der Waals surface area contributed by atoms with Crippen LogP contribution in [0.5, 0.6) is 0 Å².